The van der Waals surface area contributed by atoms with Crippen molar-refractivity contribution in [3.63, 3.8) is 0 Å². The Balaban J connectivity index is 2.53. The largest absolute Gasteiger partial charge is 0.385 e. The molecule has 1 heterocycles. The van der Waals surface area contributed by atoms with Gasteiger partial charge in [0.1, 0.15) is 0 Å². The topological polar surface area (TPSA) is 12.0 Å². The van der Waals surface area contributed by atoms with Crippen LogP contribution in [0.4, 0.5) is 5.69 Å². The summed E-state index contributed by atoms with van der Waals surface area (Å²) in [6, 6.07) is 4.04. The number of benzene rings is 1. The van der Waals surface area contributed by atoms with Crippen molar-refractivity contribution >= 4 is 33.2 Å². The van der Waals surface area contributed by atoms with Crippen LogP contribution in [0.15, 0.2) is 16.6 Å². The van der Waals surface area contributed by atoms with Gasteiger partial charge in [-0.25, -0.2) is 0 Å². The number of fused-ring (bicyclic) bond motifs is 1. The maximum absolute atomic E-state index is 6.08. The molecule has 0 unspecified atom stereocenters. The molecule has 0 atom stereocenters. The molecule has 0 saturated carbocycles. The molecule has 2 rings (SSSR count). The van der Waals surface area contributed by atoms with E-state index < -0.39 is 0 Å². The van der Waals surface area contributed by atoms with Crippen molar-refractivity contribution in [2.24, 2.45) is 0 Å². The Morgan fingerprint density at radius 2 is 2.25 bits per heavy atom. The molecular formula is C9H9BrClN. The van der Waals surface area contributed by atoms with Crippen LogP contribution >= 0.6 is 27.5 Å². The molecule has 12 heavy (non-hydrogen) atoms. The van der Waals surface area contributed by atoms with Crippen LogP contribution in [0.5, 0.6) is 0 Å². The second-order valence-corrected chi connectivity index (χ2v) is 4.27. The minimum atomic E-state index is 0.867. The smallest absolute Gasteiger partial charge is 0.0469 e. The first-order chi connectivity index (χ1) is 5.77. The monoisotopic (exact) mass is 245 g/mol. The molecular weight excluding hydrogens is 237 g/mol. The Morgan fingerprint density at radius 3 is 3.08 bits per heavy atom. The van der Waals surface area contributed by atoms with E-state index in [0.29, 0.717) is 0 Å². The first-order valence-corrected chi connectivity index (χ1v) is 5.16. The van der Waals surface area contributed by atoms with Crippen molar-refractivity contribution < 1.29 is 0 Å². The van der Waals surface area contributed by atoms with Crippen LogP contribution in [-0.4, -0.2) is 6.54 Å². The van der Waals surface area contributed by atoms with Crippen molar-refractivity contribution in [2.45, 2.75) is 12.8 Å². The minimum absolute atomic E-state index is 0.867. The Bertz CT molecular complexity index is 312. The van der Waals surface area contributed by atoms with Gasteiger partial charge in [0.05, 0.1) is 0 Å². The highest BCUT2D eigenvalue weighted by atomic mass is 79.9. The zero-order valence-electron chi connectivity index (χ0n) is 6.53. The number of rotatable bonds is 0. The third-order valence-corrected chi connectivity index (χ3v) is 2.87. The van der Waals surface area contributed by atoms with Gasteiger partial charge in [0.25, 0.3) is 0 Å². The number of anilines is 1. The molecule has 1 N–H and O–H groups in total. The molecule has 3 heteroatoms. The molecule has 0 aliphatic carbocycles. The number of hydrogen-bond acceptors (Lipinski definition) is 1. The number of hydrogen-bond donors (Lipinski definition) is 1. The molecule has 0 fully saturated rings. The number of halogens is 2. The maximum Gasteiger partial charge on any atom is 0.0469 e. The third kappa shape index (κ3) is 1.46. The molecule has 0 bridgehead atoms. The first kappa shape index (κ1) is 8.39. The summed E-state index contributed by atoms with van der Waals surface area (Å²) in [6.45, 7) is 1.06. The summed E-state index contributed by atoms with van der Waals surface area (Å²) in [7, 11) is 0. The lowest BCUT2D eigenvalue weighted by molar-refractivity contribution is 0.830. The summed E-state index contributed by atoms with van der Waals surface area (Å²) in [5.41, 5.74) is 2.44. The van der Waals surface area contributed by atoms with Crippen LogP contribution < -0.4 is 5.32 Å². The van der Waals surface area contributed by atoms with Crippen molar-refractivity contribution in [1.29, 1.82) is 0 Å². The van der Waals surface area contributed by atoms with Gasteiger partial charge in [-0.05, 0) is 30.5 Å². The number of nitrogens with one attached hydrogen (secondary N) is 1. The Kier molecular flexibility index (Phi) is 2.28. The lowest BCUT2D eigenvalue weighted by Gasteiger charge is -2.19. The Labute approximate surface area is 85.2 Å². The van der Waals surface area contributed by atoms with Crippen molar-refractivity contribution in [2.75, 3.05) is 11.9 Å². The summed E-state index contributed by atoms with van der Waals surface area (Å²) in [5, 5.41) is 4.20. The fraction of sp³-hybridized carbons (Fsp3) is 0.333. The van der Waals surface area contributed by atoms with E-state index in [4.69, 9.17) is 11.6 Å². The highest BCUT2D eigenvalue weighted by Crippen LogP contribution is 2.32. The molecule has 1 nitrogen and oxygen atoms in total. The summed E-state index contributed by atoms with van der Waals surface area (Å²) in [6.07, 6.45) is 2.27. The normalized spacial score (nSPS) is 15.2. The summed E-state index contributed by atoms with van der Waals surface area (Å²) < 4.78 is 1.04. The first-order valence-electron chi connectivity index (χ1n) is 3.99. The summed E-state index contributed by atoms with van der Waals surface area (Å²) >= 11 is 9.49. The molecule has 1 aromatic carbocycles. The molecule has 64 valence electrons. The van der Waals surface area contributed by atoms with E-state index in [9.17, 15) is 0 Å². The Hall–Kier alpha value is -0.210. The van der Waals surface area contributed by atoms with Crippen molar-refractivity contribution in [3.8, 4) is 0 Å². The quantitative estimate of drug-likeness (QED) is 0.739. The SMILES string of the molecule is Clc1cc(Br)cc2c1CCCN2. The van der Waals surface area contributed by atoms with Crippen LogP contribution in [0.25, 0.3) is 0 Å². The van der Waals surface area contributed by atoms with E-state index in [1.54, 1.807) is 0 Å². The van der Waals surface area contributed by atoms with Gasteiger partial charge in [0.2, 0.25) is 0 Å². The molecule has 0 spiro atoms. The third-order valence-electron chi connectivity index (χ3n) is 2.08. The fourth-order valence-electron chi connectivity index (χ4n) is 1.50. The van der Waals surface area contributed by atoms with Gasteiger partial charge in [-0.3, -0.25) is 0 Å². The molecule has 1 aliphatic heterocycles. The molecule has 1 aliphatic rings. The predicted octanol–water partition coefficient (Wildman–Crippen LogP) is 3.46. The zero-order chi connectivity index (χ0) is 8.55. The highest BCUT2D eigenvalue weighted by Gasteiger charge is 2.12. The van der Waals surface area contributed by atoms with Gasteiger partial charge >= 0.3 is 0 Å². The van der Waals surface area contributed by atoms with E-state index in [2.05, 4.69) is 27.3 Å². The molecule has 1 aromatic rings. The Morgan fingerprint density at radius 1 is 1.42 bits per heavy atom. The van der Waals surface area contributed by atoms with Gasteiger partial charge in [0.15, 0.2) is 0 Å². The van der Waals surface area contributed by atoms with E-state index >= 15 is 0 Å². The van der Waals surface area contributed by atoms with E-state index in [1.807, 2.05) is 6.07 Å². The van der Waals surface area contributed by atoms with Crippen LogP contribution in [0.2, 0.25) is 5.02 Å². The molecule has 0 aromatic heterocycles. The van der Waals surface area contributed by atoms with Gasteiger partial charge < -0.3 is 5.32 Å². The molecule has 0 saturated heterocycles. The average molecular weight is 247 g/mol. The van der Waals surface area contributed by atoms with Gasteiger partial charge in [-0.15, -0.1) is 0 Å². The highest BCUT2D eigenvalue weighted by molar-refractivity contribution is 9.10. The second-order valence-electron chi connectivity index (χ2n) is 2.94. The maximum atomic E-state index is 6.08. The minimum Gasteiger partial charge on any atom is -0.385 e. The fourth-order valence-corrected chi connectivity index (χ4v) is 2.41. The van der Waals surface area contributed by atoms with Crippen LogP contribution in [-0.2, 0) is 6.42 Å². The van der Waals surface area contributed by atoms with Gasteiger partial charge in [-0.2, -0.15) is 0 Å². The van der Waals surface area contributed by atoms with Crippen molar-refractivity contribution in [3.05, 3.63) is 27.2 Å². The van der Waals surface area contributed by atoms with Crippen LogP contribution in [0.3, 0.4) is 0 Å². The summed E-state index contributed by atoms with van der Waals surface area (Å²) in [4.78, 5) is 0. The molecule has 0 radical (unpaired) electrons. The predicted molar refractivity (Wildman–Crippen MR) is 56.0 cm³/mol. The van der Waals surface area contributed by atoms with Gasteiger partial charge in [-0.1, -0.05) is 27.5 Å². The van der Waals surface area contributed by atoms with E-state index in [0.717, 1.165) is 22.5 Å². The van der Waals surface area contributed by atoms with Crippen LogP contribution in [0.1, 0.15) is 12.0 Å². The van der Waals surface area contributed by atoms with Crippen LogP contribution in [0, 0.1) is 0 Å². The lowest BCUT2D eigenvalue weighted by Crippen LogP contribution is -2.11. The van der Waals surface area contributed by atoms with Gasteiger partial charge in [0, 0.05) is 21.7 Å². The molecule has 0 amide bonds. The summed E-state index contributed by atoms with van der Waals surface area (Å²) in [5.74, 6) is 0. The van der Waals surface area contributed by atoms with Crippen molar-refractivity contribution in [1.82, 2.24) is 0 Å². The second kappa shape index (κ2) is 3.27. The van der Waals surface area contributed by atoms with E-state index in [1.165, 1.54) is 17.7 Å². The zero-order valence-corrected chi connectivity index (χ0v) is 8.87. The standard InChI is InChI=1S/C9H9BrClN/c10-6-4-8(11)7-2-1-3-12-9(7)5-6/h4-5,12H,1-3H2. The average Bonchev–Trinajstić information content (AvgIpc) is 2.04. The van der Waals surface area contributed by atoms with E-state index in [-0.39, 0.29) is 0 Å². The lowest BCUT2D eigenvalue weighted by atomic mass is 10.0.